The van der Waals surface area contributed by atoms with Crippen LogP contribution < -0.4 is 5.32 Å². The summed E-state index contributed by atoms with van der Waals surface area (Å²) in [5, 5.41) is 3.59. The van der Waals surface area contributed by atoms with Crippen molar-refractivity contribution in [2.24, 2.45) is 0 Å². The smallest absolute Gasteiger partial charge is 0.410 e. The number of hydrogen-bond acceptors (Lipinski definition) is 4. The van der Waals surface area contributed by atoms with Crippen LogP contribution in [-0.2, 0) is 9.47 Å². The predicted octanol–water partition coefficient (Wildman–Crippen LogP) is 2.93. The molecule has 22 heavy (non-hydrogen) atoms. The molecule has 128 valence electrons. The summed E-state index contributed by atoms with van der Waals surface area (Å²) in [5.74, 6) is 0. The molecule has 5 nitrogen and oxygen atoms in total. The molecule has 0 spiro atoms. The minimum atomic E-state index is -0.424. The van der Waals surface area contributed by atoms with E-state index in [0.717, 1.165) is 32.4 Å². The minimum Gasteiger partial charge on any atom is -0.444 e. The minimum absolute atomic E-state index is 0.171. The molecule has 5 heteroatoms. The number of hydrogen-bond donors (Lipinski definition) is 1. The van der Waals surface area contributed by atoms with Gasteiger partial charge in [-0.3, -0.25) is 0 Å². The van der Waals surface area contributed by atoms with Crippen LogP contribution in [0.5, 0.6) is 0 Å². The van der Waals surface area contributed by atoms with Crippen LogP contribution in [0.2, 0.25) is 0 Å². The summed E-state index contributed by atoms with van der Waals surface area (Å²) in [6, 6.07) is 0.896. The Kier molecular flexibility index (Phi) is 6.09. The van der Waals surface area contributed by atoms with Gasteiger partial charge in [0.15, 0.2) is 0 Å². The van der Waals surface area contributed by atoms with Gasteiger partial charge in [0.1, 0.15) is 5.60 Å². The summed E-state index contributed by atoms with van der Waals surface area (Å²) < 4.78 is 11.0. The van der Waals surface area contributed by atoms with E-state index < -0.39 is 5.60 Å². The highest BCUT2D eigenvalue weighted by Crippen LogP contribution is 2.28. The van der Waals surface area contributed by atoms with E-state index in [1.807, 2.05) is 25.7 Å². The van der Waals surface area contributed by atoms with Gasteiger partial charge >= 0.3 is 6.09 Å². The van der Waals surface area contributed by atoms with E-state index in [2.05, 4.69) is 5.32 Å². The summed E-state index contributed by atoms with van der Waals surface area (Å²) in [5.41, 5.74) is -0.424. The van der Waals surface area contributed by atoms with Gasteiger partial charge in [-0.25, -0.2) is 4.79 Å². The molecule has 0 heterocycles. The second-order valence-electron chi connectivity index (χ2n) is 7.58. The van der Waals surface area contributed by atoms with Crippen molar-refractivity contribution in [2.45, 2.75) is 83.1 Å². The molecule has 1 amide bonds. The van der Waals surface area contributed by atoms with Crippen LogP contribution in [0.1, 0.15) is 59.3 Å². The molecular formula is C17H32N2O3. The van der Waals surface area contributed by atoms with Crippen molar-refractivity contribution < 1.29 is 14.3 Å². The number of rotatable bonds is 6. The number of nitrogens with one attached hydrogen (secondary N) is 1. The molecule has 2 aliphatic rings. The van der Waals surface area contributed by atoms with Crippen LogP contribution in [0, 0.1) is 0 Å². The van der Waals surface area contributed by atoms with Gasteiger partial charge in [-0.05, 0) is 59.3 Å². The lowest BCUT2D eigenvalue weighted by atomic mass is 9.93. The van der Waals surface area contributed by atoms with E-state index in [0.29, 0.717) is 18.2 Å². The van der Waals surface area contributed by atoms with Crippen molar-refractivity contribution >= 4 is 6.09 Å². The Morgan fingerprint density at radius 2 is 1.95 bits per heavy atom. The zero-order valence-corrected chi connectivity index (χ0v) is 14.6. The summed E-state index contributed by atoms with van der Waals surface area (Å²) in [7, 11) is 1.80. The lowest BCUT2D eigenvalue weighted by Crippen LogP contribution is -2.44. The van der Waals surface area contributed by atoms with E-state index in [4.69, 9.17) is 9.47 Å². The molecule has 0 radical (unpaired) electrons. The maximum absolute atomic E-state index is 12.3. The molecule has 0 bridgehead atoms. The Hall–Kier alpha value is -0.810. The van der Waals surface area contributed by atoms with Crippen LogP contribution in [0.3, 0.4) is 0 Å². The van der Waals surface area contributed by atoms with Gasteiger partial charge in [-0.1, -0.05) is 0 Å². The fourth-order valence-electron chi connectivity index (χ4n) is 3.06. The summed E-state index contributed by atoms with van der Waals surface area (Å²) in [4.78, 5) is 14.2. The third-order valence-corrected chi connectivity index (χ3v) is 4.36. The number of nitrogens with zero attached hydrogens (tertiary/aromatic N) is 1. The Bertz CT molecular complexity index is 363. The van der Waals surface area contributed by atoms with Gasteiger partial charge in [0.2, 0.25) is 0 Å². The summed E-state index contributed by atoms with van der Waals surface area (Å²) >= 11 is 0. The summed E-state index contributed by atoms with van der Waals surface area (Å²) in [6.07, 6.45) is 7.09. The molecule has 0 aromatic rings. The van der Waals surface area contributed by atoms with Crippen LogP contribution in [0.25, 0.3) is 0 Å². The molecular weight excluding hydrogens is 280 g/mol. The van der Waals surface area contributed by atoms with Crippen molar-refractivity contribution in [3.05, 3.63) is 0 Å². The van der Waals surface area contributed by atoms with Crippen molar-refractivity contribution in [3.8, 4) is 0 Å². The molecule has 2 unspecified atom stereocenters. The zero-order chi connectivity index (χ0) is 16.2. The number of amides is 1. The fourth-order valence-corrected chi connectivity index (χ4v) is 3.06. The second-order valence-corrected chi connectivity index (χ2v) is 7.58. The van der Waals surface area contributed by atoms with Gasteiger partial charge in [0, 0.05) is 32.3 Å². The molecule has 1 N–H and O–H groups in total. The van der Waals surface area contributed by atoms with Crippen molar-refractivity contribution in [3.63, 3.8) is 0 Å². The number of methoxy groups -OCH3 is 1. The molecule has 0 aromatic heterocycles. The van der Waals surface area contributed by atoms with Gasteiger partial charge in [-0.2, -0.15) is 0 Å². The largest absolute Gasteiger partial charge is 0.444 e. The van der Waals surface area contributed by atoms with Gasteiger partial charge in [0.25, 0.3) is 0 Å². The maximum atomic E-state index is 12.3. The highest BCUT2D eigenvalue weighted by atomic mass is 16.6. The quantitative estimate of drug-likeness (QED) is 0.819. The second kappa shape index (κ2) is 7.64. The van der Waals surface area contributed by atoms with Crippen LogP contribution in [0.4, 0.5) is 4.79 Å². The Morgan fingerprint density at radius 3 is 2.55 bits per heavy atom. The van der Waals surface area contributed by atoms with Crippen LogP contribution in [-0.4, -0.2) is 55.0 Å². The Balaban J connectivity index is 1.74. The Morgan fingerprint density at radius 1 is 1.23 bits per heavy atom. The van der Waals surface area contributed by atoms with Crippen LogP contribution >= 0.6 is 0 Å². The first-order valence-electron chi connectivity index (χ1n) is 8.65. The molecule has 0 aliphatic heterocycles. The number of carbonyl (C=O) groups is 1. The first kappa shape index (κ1) is 17.5. The third-order valence-electron chi connectivity index (χ3n) is 4.36. The van der Waals surface area contributed by atoms with E-state index in [-0.39, 0.29) is 6.09 Å². The standard InChI is InChI=1S/C17H32N2O3/c1-17(2,3)22-16(20)19(14-8-9-14)11-10-18-13-6-5-7-15(12-13)21-4/h13-15,18H,5-12H2,1-4H3. The van der Waals surface area contributed by atoms with Crippen molar-refractivity contribution in [1.82, 2.24) is 10.2 Å². The average molecular weight is 312 g/mol. The first-order chi connectivity index (χ1) is 10.4. The van der Waals surface area contributed by atoms with Gasteiger partial charge in [-0.15, -0.1) is 0 Å². The predicted molar refractivity (Wildman–Crippen MR) is 87.0 cm³/mol. The van der Waals surface area contributed by atoms with E-state index >= 15 is 0 Å². The SMILES string of the molecule is COC1CCCC(NCCN(C(=O)OC(C)(C)C)C2CC2)C1. The van der Waals surface area contributed by atoms with E-state index in [1.165, 1.54) is 19.3 Å². The van der Waals surface area contributed by atoms with Gasteiger partial charge < -0.3 is 19.7 Å². The molecule has 2 atom stereocenters. The maximum Gasteiger partial charge on any atom is 0.410 e. The van der Waals surface area contributed by atoms with Crippen molar-refractivity contribution in [1.29, 1.82) is 0 Å². The monoisotopic (exact) mass is 312 g/mol. The molecule has 2 aliphatic carbocycles. The molecule has 2 rings (SSSR count). The van der Waals surface area contributed by atoms with E-state index in [1.54, 1.807) is 7.11 Å². The van der Waals surface area contributed by atoms with Crippen LogP contribution in [0.15, 0.2) is 0 Å². The molecule has 0 saturated heterocycles. The normalized spacial score (nSPS) is 25.8. The molecule has 2 saturated carbocycles. The summed E-state index contributed by atoms with van der Waals surface area (Å²) in [6.45, 7) is 7.31. The first-order valence-corrected chi connectivity index (χ1v) is 8.65. The highest BCUT2D eigenvalue weighted by Gasteiger charge is 2.35. The fraction of sp³-hybridized carbons (Fsp3) is 0.941. The number of ether oxygens (including phenoxy) is 2. The van der Waals surface area contributed by atoms with E-state index in [9.17, 15) is 4.79 Å². The van der Waals surface area contributed by atoms with Crippen molar-refractivity contribution in [2.75, 3.05) is 20.2 Å². The third kappa shape index (κ3) is 5.76. The van der Waals surface area contributed by atoms with Gasteiger partial charge in [0.05, 0.1) is 6.10 Å². The lowest BCUT2D eigenvalue weighted by molar-refractivity contribution is 0.0228. The molecule has 0 aromatic carbocycles. The number of carbonyl (C=O) groups excluding carboxylic acids is 1. The zero-order valence-electron chi connectivity index (χ0n) is 14.6. The Labute approximate surface area is 134 Å². The topological polar surface area (TPSA) is 50.8 Å². The lowest BCUT2D eigenvalue weighted by Gasteiger charge is -2.31. The average Bonchev–Trinajstić information content (AvgIpc) is 3.26. The molecule has 2 fully saturated rings. The highest BCUT2D eigenvalue weighted by molar-refractivity contribution is 5.69.